The number of fused-ring (bicyclic) bond motifs is 1. The fourth-order valence-corrected chi connectivity index (χ4v) is 2.87. The summed E-state index contributed by atoms with van der Waals surface area (Å²) in [6.45, 7) is 0. The Labute approximate surface area is 97.2 Å². The van der Waals surface area contributed by atoms with E-state index in [9.17, 15) is 4.79 Å². The van der Waals surface area contributed by atoms with Gasteiger partial charge in [0, 0.05) is 33.6 Å². The molecule has 0 radical (unpaired) electrons. The zero-order valence-electron chi connectivity index (χ0n) is 7.87. The number of benzene rings is 1. The van der Waals surface area contributed by atoms with E-state index in [-0.39, 0.29) is 18.1 Å². The highest BCUT2D eigenvalue weighted by molar-refractivity contribution is 7.99. The Hall–Kier alpha value is -0.980. The van der Waals surface area contributed by atoms with E-state index in [1.54, 1.807) is 23.9 Å². The smallest absolute Gasteiger partial charge is 0.168 e. The minimum absolute atomic E-state index is 0.0489. The molecule has 1 aliphatic heterocycles. The number of nitrogens with zero attached hydrogens (tertiary/aromatic N) is 1. The molecule has 2 rings (SSSR count). The van der Waals surface area contributed by atoms with Gasteiger partial charge in [0.15, 0.2) is 5.78 Å². The standard InChI is InChI=1S/C11H8ClNOS/c12-8-1-2-10-9(5-8)11(14)7(3-4-13)6-15-10/h1-2,5,7H,3,6H2. The Bertz CT molecular complexity index is 452. The van der Waals surface area contributed by atoms with Gasteiger partial charge in [-0.1, -0.05) is 11.6 Å². The summed E-state index contributed by atoms with van der Waals surface area (Å²) in [5.74, 6) is 0.569. The highest BCUT2D eigenvalue weighted by atomic mass is 35.5. The lowest BCUT2D eigenvalue weighted by molar-refractivity contribution is 0.0929. The molecule has 4 heteroatoms. The number of hydrogen-bond acceptors (Lipinski definition) is 3. The van der Waals surface area contributed by atoms with Crippen molar-refractivity contribution in [3.8, 4) is 6.07 Å². The van der Waals surface area contributed by atoms with E-state index >= 15 is 0 Å². The summed E-state index contributed by atoms with van der Waals surface area (Å²) >= 11 is 7.46. The maximum absolute atomic E-state index is 11.9. The summed E-state index contributed by atoms with van der Waals surface area (Å²) in [5, 5.41) is 9.17. The average Bonchev–Trinajstić information content (AvgIpc) is 2.23. The minimum atomic E-state index is -0.175. The third-order valence-corrected chi connectivity index (χ3v) is 3.83. The molecule has 1 aliphatic rings. The summed E-state index contributed by atoms with van der Waals surface area (Å²) in [4.78, 5) is 12.9. The number of rotatable bonds is 1. The Kier molecular flexibility index (Phi) is 2.99. The molecular weight excluding hydrogens is 230 g/mol. The van der Waals surface area contributed by atoms with Crippen LogP contribution in [0.4, 0.5) is 0 Å². The number of Topliss-reactive ketones (excluding diaryl/α,β-unsaturated/α-hetero) is 1. The first-order valence-electron chi connectivity index (χ1n) is 4.56. The first-order valence-corrected chi connectivity index (χ1v) is 5.92. The molecule has 76 valence electrons. The van der Waals surface area contributed by atoms with Crippen LogP contribution in [0.1, 0.15) is 16.8 Å². The predicted octanol–water partition coefficient (Wildman–Crippen LogP) is 3.16. The van der Waals surface area contributed by atoms with Gasteiger partial charge in [-0.25, -0.2) is 0 Å². The lowest BCUT2D eigenvalue weighted by Gasteiger charge is -2.20. The molecule has 1 aromatic rings. The van der Waals surface area contributed by atoms with Crippen molar-refractivity contribution in [1.82, 2.24) is 0 Å². The van der Waals surface area contributed by atoms with Crippen LogP contribution in [0.15, 0.2) is 23.1 Å². The molecular formula is C11H8ClNOS. The number of halogens is 1. The van der Waals surface area contributed by atoms with E-state index in [4.69, 9.17) is 16.9 Å². The minimum Gasteiger partial charge on any atom is -0.294 e. The zero-order chi connectivity index (χ0) is 10.8. The van der Waals surface area contributed by atoms with Crippen molar-refractivity contribution in [2.24, 2.45) is 5.92 Å². The number of carbonyl (C=O) groups excluding carboxylic acids is 1. The highest BCUT2D eigenvalue weighted by Gasteiger charge is 2.27. The summed E-state index contributed by atoms with van der Waals surface area (Å²) < 4.78 is 0. The van der Waals surface area contributed by atoms with E-state index in [1.165, 1.54) is 0 Å². The van der Waals surface area contributed by atoms with Gasteiger partial charge in [0.05, 0.1) is 6.07 Å². The van der Waals surface area contributed by atoms with Crippen molar-refractivity contribution in [3.05, 3.63) is 28.8 Å². The molecule has 1 unspecified atom stereocenters. The SMILES string of the molecule is N#CCC1CSc2ccc(Cl)cc2C1=O. The molecule has 0 aliphatic carbocycles. The normalized spacial score (nSPS) is 19.5. The molecule has 0 amide bonds. The van der Waals surface area contributed by atoms with Crippen molar-refractivity contribution in [1.29, 1.82) is 5.26 Å². The third-order valence-electron chi connectivity index (χ3n) is 2.36. The molecule has 15 heavy (non-hydrogen) atoms. The molecule has 0 saturated heterocycles. The van der Waals surface area contributed by atoms with Crippen LogP contribution in [-0.4, -0.2) is 11.5 Å². The molecule has 1 aromatic carbocycles. The molecule has 0 saturated carbocycles. The maximum atomic E-state index is 11.9. The van der Waals surface area contributed by atoms with E-state index in [1.807, 2.05) is 12.1 Å². The molecule has 0 fully saturated rings. The Morgan fingerprint density at radius 1 is 1.60 bits per heavy atom. The average molecular weight is 238 g/mol. The number of thioether (sulfide) groups is 1. The van der Waals surface area contributed by atoms with Crippen molar-refractivity contribution in [3.63, 3.8) is 0 Å². The van der Waals surface area contributed by atoms with Crippen molar-refractivity contribution in [2.75, 3.05) is 5.75 Å². The Morgan fingerprint density at radius 2 is 2.40 bits per heavy atom. The van der Waals surface area contributed by atoms with Crippen LogP contribution in [-0.2, 0) is 0 Å². The second kappa shape index (κ2) is 4.26. The van der Waals surface area contributed by atoms with Crippen LogP contribution in [0.5, 0.6) is 0 Å². The summed E-state index contributed by atoms with van der Waals surface area (Å²) in [6.07, 6.45) is 0.289. The van der Waals surface area contributed by atoms with Crippen LogP contribution in [0.25, 0.3) is 0 Å². The van der Waals surface area contributed by atoms with Gasteiger partial charge in [-0.2, -0.15) is 5.26 Å². The second-order valence-corrected chi connectivity index (χ2v) is 4.87. The van der Waals surface area contributed by atoms with Gasteiger partial charge in [-0.15, -0.1) is 11.8 Å². The first kappa shape index (κ1) is 10.5. The highest BCUT2D eigenvalue weighted by Crippen LogP contribution is 2.35. The quantitative estimate of drug-likeness (QED) is 0.753. The molecule has 0 bridgehead atoms. The predicted molar refractivity (Wildman–Crippen MR) is 60.2 cm³/mol. The molecule has 0 N–H and O–H groups in total. The topological polar surface area (TPSA) is 40.9 Å². The van der Waals surface area contributed by atoms with Gasteiger partial charge in [-0.3, -0.25) is 4.79 Å². The lowest BCUT2D eigenvalue weighted by Crippen LogP contribution is -2.21. The van der Waals surface area contributed by atoms with Crippen LogP contribution >= 0.6 is 23.4 Å². The van der Waals surface area contributed by atoms with Gasteiger partial charge in [-0.05, 0) is 18.2 Å². The molecule has 0 spiro atoms. The van der Waals surface area contributed by atoms with Crippen LogP contribution in [0, 0.1) is 17.2 Å². The van der Waals surface area contributed by atoms with Crippen molar-refractivity contribution < 1.29 is 4.79 Å². The van der Waals surface area contributed by atoms with E-state index in [2.05, 4.69) is 0 Å². The molecule has 1 heterocycles. The Morgan fingerprint density at radius 3 is 3.13 bits per heavy atom. The molecule has 2 nitrogen and oxygen atoms in total. The monoisotopic (exact) mass is 237 g/mol. The molecule has 1 atom stereocenters. The fourth-order valence-electron chi connectivity index (χ4n) is 1.57. The first-order chi connectivity index (χ1) is 7.22. The summed E-state index contributed by atoms with van der Waals surface area (Å²) in [6, 6.07) is 7.38. The fraction of sp³-hybridized carbons (Fsp3) is 0.273. The van der Waals surface area contributed by atoms with E-state index in [0.717, 1.165) is 4.90 Å². The van der Waals surface area contributed by atoms with Crippen LogP contribution < -0.4 is 0 Å². The number of hydrogen-bond donors (Lipinski definition) is 0. The van der Waals surface area contributed by atoms with Gasteiger partial charge < -0.3 is 0 Å². The van der Waals surface area contributed by atoms with Gasteiger partial charge in [0.25, 0.3) is 0 Å². The molecule has 0 aromatic heterocycles. The summed E-state index contributed by atoms with van der Waals surface area (Å²) in [5.41, 5.74) is 0.666. The van der Waals surface area contributed by atoms with E-state index in [0.29, 0.717) is 16.3 Å². The maximum Gasteiger partial charge on any atom is 0.168 e. The van der Waals surface area contributed by atoms with Crippen molar-refractivity contribution in [2.45, 2.75) is 11.3 Å². The van der Waals surface area contributed by atoms with Crippen molar-refractivity contribution >= 4 is 29.1 Å². The van der Waals surface area contributed by atoms with Crippen LogP contribution in [0.2, 0.25) is 5.02 Å². The lowest BCUT2D eigenvalue weighted by atomic mass is 9.96. The summed E-state index contributed by atoms with van der Waals surface area (Å²) in [7, 11) is 0. The number of carbonyl (C=O) groups is 1. The zero-order valence-corrected chi connectivity index (χ0v) is 9.44. The van der Waals surface area contributed by atoms with Crippen LogP contribution in [0.3, 0.4) is 0 Å². The Balaban J connectivity index is 2.37. The largest absolute Gasteiger partial charge is 0.294 e. The van der Waals surface area contributed by atoms with Gasteiger partial charge >= 0.3 is 0 Å². The van der Waals surface area contributed by atoms with E-state index < -0.39 is 0 Å². The third kappa shape index (κ3) is 2.01. The number of ketones is 1. The van der Waals surface area contributed by atoms with Gasteiger partial charge in [0.2, 0.25) is 0 Å². The second-order valence-electron chi connectivity index (χ2n) is 3.37. The number of nitriles is 1. The van der Waals surface area contributed by atoms with Gasteiger partial charge in [0.1, 0.15) is 0 Å².